The van der Waals surface area contributed by atoms with Gasteiger partial charge in [-0.05, 0) is 45.0 Å². The van der Waals surface area contributed by atoms with Crippen molar-refractivity contribution >= 4 is 5.78 Å². The first-order valence-electron chi connectivity index (χ1n) is 6.46. The van der Waals surface area contributed by atoms with Crippen molar-refractivity contribution in [2.45, 2.75) is 37.6 Å². The molecule has 1 aliphatic carbocycles. The lowest BCUT2D eigenvalue weighted by Crippen LogP contribution is -2.49. The van der Waals surface area contributed by atoms with Crippen LogP contribution in [0.25, 0.3) is 0 Å². The molecule has 1 aromatic carbocycles. The number of Topliss-reactive ketones (excluding diaryl/α,β-unsaturated/α-hetero) is 1. The predicted octanol–water partition coefficient (Wildman–Crippen LogP) is 2.81. The average Bonchev–Trinajstić information content (AvgIpc) is 2.35. The van der Waals surface area contributed by atoms with Crippen LogP contribution in [0.3, 0.4) is 0 Å². The topological polar surface area (TPSA) is 20.3 Å². The van der Waals surface area contributed by atoms with Gasteiger partial charge in [0.25, 0.3) is 0 Å². The Morgan fingerprint density at radius 3 is 2.39 bits per heavy atom. The summed E-state index contributed by atoms with van der Waals surface area (Å²) in [5, 5.41) is 0. The van der Waals surface area contributed by atoms with Crippen molar-refractivity contribution in [2.75, 3.05) is 14.1 Å². The fourth-order valence-electron chi connectivity index (χ4n) is 2.77. The van der Waals surface area contributed by atoms with E-state index in [1.54, 1.807) is 6.07 Å². The van der Waals surface area contributed by atoms with E-state index in [-0.39, 0.29) is 11.4 Å². The molecule has 0 N–H and O–H groups in total. The Bertz CT molecular complexity index is 432. The molecule has 0 amide bonds. The zero-order valence-electron chi connectivity index (χ0n) is 11.1. The summed E-state index contributed by atoms with van der Waals surface area (Å²) < 4.78 is 13.8. The summed E-state index contributed by atoms with van der Waals surface area (Å²) in [4.78, 5) is 13.6. The Balaban J connectivity index is 2.22. The number of rotatable bonds is 3. The number of nitrogens with zero attached hydrogens (tertiary/aromatic N) is 1. The zero-order valence-corrected chi connectivity index (χ0v) is 11.1. The minimum absolute atomic E-state index is 0.0733. The second-order valence-electron chi connectivity index (χ2n) is 5.43. The van der Waals surface area contributed by atoms with Crippen molar-refractivity contribution in [1.29, 1.82) is 0 Å². The van der Waals surface area contributed by atoms with E-state index < -0.39 is 0 Å². The SMILES string of the molecule is CN(C)C1(Cc2ccccc2F)CCC(=O)CC1. The lowest BCUT2D eigenvalue weighted by Gasteiger charge is -2.43. The van der Waals surface area contributed by atoms with Crippen LogP contribution in [-0.4, -0.2) is 30.3 Å². The van der Waals surface area contributed by atoms with E-state index in [1.165, 1.54) is 6.07 Å². The van der Waals surface area contributed by atoms with Crippen molar-refractivity contribution in [1.82, 2.24) is 4.90 Å². The van der Waals surface area contributed by atoms with Crippen molar-refractivity contribution in [3.8, 4) is 0 Å². The second-order valence-corrected chi connectivity index (χ2v) is 5.43. The maximum Gasteiger partial charge on any atom is 0.133 e. The van der Waals surface area contributed by atoms with Gasteiger partial charge < -0.3 is 4.90 Å². The number of hydrogen-bond acceptors (Lipinski definition) is 2. The summed E-state index contributed by atoms with van der Waals surface area (Å²) in [5.74, 6) is 0.191. The molecule has 0 spiro atoms. The normalized spacial score (nSPS) is 19.2. The molecule has 3 heteroatoms. The van der Waals surface area contributed by atoms with Crippen LogP contribution < -0.4 is 0 Å². The first kappa shape index (κ1) is 13.2. The van der Waals surface area contributed by atoms with Gasteiger partial charge in [-0.1, -0.05) is 18.2 Å². The Morgan fingerprint density at radius 1 is 1.22 bits per heavy atom. The van der Waals surface area contributed by atoms with Crippen LogP contribution in [0.1, 0.15) is 31.2 Å². The van der Waals surface area contributed by atoms with Crippen LogP contribution in [0, 0.1) is 5.82 Å². The fourth-order valence-corrected chi connectivity index (χ4v) is 2.77. The number of carbonyl (C=O) groups excluding carboxylic acids is 1. The van der Waals surface area contributed by atoms with Crippen LogP contribution in [0.2, 0.25) is 0 Å². The molecule has 0 bridgehead atoms. The molecule has 1 fully saturated rings. The molecule has 98 valence electrons. The molecular weight excluding hydrogens is 229 g/mol. The molecule has 0 saturated heterocycles. The summed E-state index contributed by atoms with van der Waals surface area (Å²) in [5.41, 5.74) is 0.677. The lowest BCUT2D eigenvalue weighted by atomic mass is 9.76. The van der Waals surface area contributed by atoms with E-state index >= 15 is 0 Å². The van der Waals surface area contributed by atoms with E-state index in [2.05, 4.69) is 4.90 Å². The molecule has 2 rings (SSSR count). The minimum Gasteiger partial charge on any atom is -0.303 e. The highest BCUT2D eigenvalue weighted by Crippen LogP contribution is 2.34. The van der Waals surface area contributed by atoms with E-state index in [0.717, 1.165) is 18.4 Å². The van der Waals surface area contributed by atoms with E-state index in [0.29, 0.717) is 25.0 Å². The zero-order chi connectivity index (χ0) is 13.2. The van der Waals surface area contributed by atoms with Gasteiger partial charge in [0.15, 0.2) is 0 Å². The maximum atomic E-state index is 13.8. The Hall–Kier alpha value is -1.22. The molecule has 1 saturated carbocycles. The van der Waals surface area contributed by atoms with Gasteiger partial charge in [0.05, 0.1) is 0 Å². The van der Waals surface area contributed by atoms with Crippen molar-refractivity contribution in [2.24, 2.45) is 0 Å². The first-order chi connectivity index (χ1) is 8.53. The first-order valence-corrected chi connectivity index (χ1v) is 6.46. The minimum atomic E-state index is -0.143. The predicted molar refractivity (Wildman–Crippen MR) is 70.0 cm³/mol. The van der Waals surface area contributed by atoms with Crippen LogP contribution in [0.15, 0.2) is 24.3 Å². The van der Waals surface area contributed by atoms with Crippen LogP contribution >= 0.6 is 0 Å². The standard InChI is InChI=1S/C15H20FNO/c1-17(2)15(9-7-13(18)8-10-15)11-12-5-3-4-6-14(12)16/h3-6H,7-11H2,1-2H3. The largest absolute Gasteiger partial charge is 0.303 e. The number of carbonyl (C=O) groups is 1. The third kappa shape index (κ3) is 2.61. The van der Waals surface area contributed by atoms with E-state index in [1.807, 2.05) is 26.2 Å². The molecule has 0 atom stereocenters. The number of ketones is 1. The van der Waals surface area contributed by atoms with Crippen LogP contribution in [0.5, 0.6) is 0 Å². The molecule has 0 aromatic heterocycles. The highest BCUT2D eigenvalue weighted by atomic mass is 19.1. The van der Waals surface area contributed by atoms with Gasteiger partial charge in [-0.2, -0.15) is 0 Å². The lowest BCUT2D eigenvalue weighted by molar-refractivity contribution is -0.122. The quantitative estimate of drug-likeness (QED) is 0.821. The summed E-state index contributed by atoms with van der Waals surface area (Å²) in [6.45, 7) is 0. The molecule has 0 unspecified atom stereocenters. The van der Waals surface area contributed by atoms with Gasteiger partial charge in [-0.3, -0.25) is 4.79 Å². The molecule has 1 aliphatic rings. The van der Waals surface area contributed by atoms with E-state index in [4.69, 9.17) is 0 Å². The van der Waals surface area contributed by atoms with Crippen molar-refractivity contribution in [3.63, 3.8) is 0 Å². The van der Waals surface area contributed by atoms with E-state index in [9.17, 15) is 9.18 Å². The molecule has 0 radical (unpaired) electrons. The molecule has 0 heterocycles. The fraction of sp³-hybridized carbons (Fsp3) is 0.533. The highest BCUT2D eigenvalue weighted by Gasteiger charge is 2.37. The third-order valence-corrected chi connectivity index (χ3v) is 4.16. The summed E-state index contributed by atoms with van der Waals surface area (Å²) in [7, 11) is 4.05. The van der Waals surface area contributed by atoms with Gasteiger partial charge in [0, 0.05) is 18.4 Å². The number of benzene rings is 1. The summed E-state index contributed by atoms with van der Waals surface area (Å²) in [6.07, 6.45) is 3.57. The molecule has 1 aromatic rings. The van der Waals surface area contributed by atoms with Crippen molar-refractivity contribution in [3.05, 3.63) is 35.6 Å². The average molecular weight is 249 g/mol. The van der Waals surface area contributed by atoms with Gasteiger partial charge in [-0.25, -0.2) is 4.39 Å². The second kappa shape index (κ2) is 5.19. The Labute approximate surface area is 108 Å². The van der Waals surface area contributed by atoms with Crippen LogP contribution in [0.4, 0.5) is 4.39 Å². The van der Waals surface area contributed by atoms with Crippen molar-refractivity contribution < 1.29 is 9.18 Å². The smallest absolute Gasteiger partial charge is 0.133 e. The van der Waals surface area contributed by atoms with Gasteiger partial charge >= 0.3 is 0 Å². The van der Waals surface area contributed by atoms with Gasteiger partial charge in [0.2, 0.25) is 0 Å². The Morgan fingerprint density at radius 2 is 1.83 bits per heavy atom. The molecule has 2 nitrogen and oxygen atoms in total. The number of likely N-dealkylation sites (N-methyl/N-ethyl adjacent to an activating group) is 1. The summed E-state index contributed by atoms with van der Waals surface area (Å²) in [6, 6.07) is 6.94. The molecule has 0 aliphatic heterocycles. The van der Waals surface area contributed by atoms with Gasteiger partial charge in [-0.15, -0.1) is 0 Å². The summed E-state index contributed by atoms with van der Waals surface area (Å²) >= 11 is 0. The third-order valence-electron chi connectivity index (χ3n) is 4.16. The van der Waals surface area contributed by atoms with Crippen LogP contribution in [-0.2, 0) is 11.2 Å². The maximum absolute atomic E-state index is 13.8. The Kier molecular flexibility index (Phi) is 3.81. The highest BCUT2D eigenvalue weighted by molar-refractivity contribution is 5.79. The number of hydrogen-bond donors (Lipinski definition) is 0. The number of halogens is 1. The monoisotopic (exact) mass is 249 g/mol. The molecule has 18 heavy (non-hydrogen) atoms. The van der Waals surface area contributed by atoms with Gasteiger partial charge in [0.1, 0.15) is 11.6 Å². The molecular formula is C15H20FNO.